The van der Waals surface area contributed by atoms with Gasteiger partial charge in [-0.15, -0.1) is 0 Å². The minimum atomic E-state index is 0.343. The second-order valence-corrected chi connectivity index (χ2v) is 6.12. The van der Waals surface area contributed by atoms with Crippen LogP contribution in [0, 0.1) is 5.92 Å². The molecule has 1 aliphatic carbocycles. The van der Waals surface area contributed by atoms with Crippen LogP contribution < -0.4 is 10.1 Å². The maximum Gasteiger partial charge on any atom is 0.138 e. The largest absolute Gasteiger partial charge is 0.489 e. The second-order valence-electron chi connectivity index (χ2n) is 5.71. The van der Waals surface area contributed by atoms with Crippen molar-refractivity contribution in [3.8, 4) is 5.75 Å². The van der Waals surface area contributed by atoms with Gasteiger partial charge in [0.15, 0.2) is 0 Å². The summed E-state index contributed by atoms with van der Waals surface area (Å²) < 4.78 is 6.09. The van der Waals surface area contributed by atoms with Gasteiger partial charge in [0.25, 0.3) is 0 Å². The number of ether oxygens (including phenoxy) is 1. The highest BCUT2D eigenvalue weighted by Crippen LogP contribution is 2.32. The van der Waals surface area contributed by atoms with Gasteiger partial charge in [-0.1, -0.05) is 37.9 Å². The monoisotopic (exact) mass is 295 g/mol. The molecule has 1 saturated carbocycles. The molecule has 0 heterocycles. The van der Waals surface area contributed by atoms with Crippen LogP contribution in [0.5, 0.6) is 5.75 Å². The summed E-state index contributed by atoms with van der Waals surface area (Å²) in [7, 11) is 0. The van der Waals surface area contributed by atoms with Crippen molar-refractivity contribution in [3.63, 3.8) is 0 Å². The van der Waals surface area contributed by atoms with Crippen molar-refractivity contribution >= 4 is 11.6 Å². The summed E-state index contributed by atoms with van der Waals surface area (Å²) in [5, 5.41) is 4.04. The lowest BCUT2D eigenvalue weighted by molar-refractivity contribution is 0.130. The first-order valence-electron chi connectivity index (χ1n) is 7.88. The summed E-state index contributed by atoms with van der Waals surface area (Å²) in [5.74, 6) is 1.74. The Morgan fingerprint density at radius 3 is 2.55 bits per heavy atom. The first-order chi connectivity index (χ1) is 9.72. The van der Waals surface area contributed by atoms with Crippen LogP contribution in [0.15, 0.2) is 18.2 Å². The number of halogens is 1. The van der Waals surface area contributed by atoms with Gasteiger partial charge in [-0.05, 0) is 55.8 Å². The SMILES string of the molecule is CCNCc1ccc(OC2CCC(CC)CC2)c(Cl)c1. The van der Waals surface area contributed by atoms with Gasteiger partial charge in [0.2, 0.25) is 0 Å². The van der Waals surface area contributed by atoms with Gasteiger partial charge >= 0.3 is 0 Å². The van der Waals surface area contributed by atoms with Crippen LogP contribution in [0.2, 0.25) is 5.02 Å². The summed E-state index contributed by atoms with van der Waals surface area (Å²) in [6, 6.07) is 6.12. The molecule has 112 valence electrons. The summed E-state index contributed by atoms with van der Waals surface area (Å²) in [6.45, 7) is 6.21. The van der Waals surface area contributed by atoms with Gasteiger partial charge in [-0.2, -0.15) is 0 Å². The molecule has 0 spiro atoms. The van der Waals surface area contributed by atoms with E-state index in [2.05, 4.69) is 25.2 Å². The van der Waals surface area contributed by atoms with E-state index < -0.39 is 0 Å². The fraction of sp³-hybridized carbons (Fsp3) is 0.647. The lowest BCUT2D eigenvalue weighted by atomic mass is 9.86. The van der Waals surface area contributed by atoms with Crippen molar-refractivity contribution in [2.75, 3.05) is 6.54 Å². The van der Waals surface area contributed by atoms with Crippen molar-refractivity contribution in [3.05, 3.63) is 28.8 Å². The number of hydrogen-bond acceptors (Lipinski definition) is 2. The number of benzene rings is 1. The Kier molecular flexibility index (Phi) is 6.18. The highest BCUT2D eigenvalue weighted by Gasteiger charge is 2.21. The van der Waals surface area contributed by atoms with Crippen molar-refractivity contribution in [2.24, 2.45) is 5.92 Å². The Bertz CT molecular complexity index is 413. The standard InChI is InChI=1S/C17H26ClNO/c1-3-13-5-8-15(9-6-13)20-17-10-7-14(11-16(17)18)12-19-4-2/h7,10-11,13,15,19H,3-6,8-9,12H2,1-2H3. The molecule has 1 fully saturated rings. The summed E-state index contributed by atoms with van der Waals surface area (Å²) >= 11 is 6.33. The van der Waals surface area contributed by atoms with Gasteiger partial charge in [0.1, 0.15) is 5.75 Å². The van der Waals surface area contributed by atoms with Crippen LogP contribution in [-0.4, -0.2) is 12.6 Å². The van der Waals surface area contributed by atoms with Crippen molar-refractivity contribution in [1.82, 2.24) is 5.32 Å². The molecule has 2 rings (SSSR count). The van der Waals surface area contributed by atoms with Crippen LogP contribution >= 0.6 is 11.6 Å². The predicted molar refractivity (Wildman–Crippen MR) is 85.5 cm³/mol. The Balaban J connectivity index is 1.90. The Labute approximate surface area is 127 Å². The molecule has 0 aromatic heterocycles. The predicted octanol–water partition coefficient (Wildman–Crippen LogP) is 4.80. The third-order valence-corrected chi connectivity index (χ3v) is 4.54. The molecule has 3 heteroatoms. The van der Waals surface area contributed by atoms with Crippen molar-refractivity contribution < 1.29 is 4.74 Å². The van der Waals surface area contributed by atoms with Gasteiger partial charge < -0.3 is 10.1 Å². The van der Waals surface area contributed by atoms with E-state index in [4.69, 9.17) is 16.3 Å². The average molecular weight is 296 g/mol. The molecule has 2 nitrogen and oxygen atoms in total. The van der Waals surface area contributed by atoms with Crippen LogP contribution in [0.1, 0.15) is 51.5 Å². The van der Waals surface area contributed by atoms with Gasteiger partial charge in [0, 0.05) is 6.54 Å². The molecule has 1 N–H and O–H groups in total. The maximum absolute atomic E-state index is 6.33. The molecule has 1 aliphatic rings. The van der Waals surface area contributed by atoms with E-state index in [1.165, 1.54) is 24.8 Å². The first kappa shape index (κ1) is 15.7. The number of nitrogens with one attached hydrogen (secondary N) is 1. The minimum Gasteiger partial charge on any atom is -0.489 e. The van der Waals surface area contributed by atoms with Crippen LogP contribution in [-0.2, 0) is 6.54 Å². The second kappa shape index (κ2) is 7.90. The molecular formula is C17H26ClNO. The van der Waals surface area contributed by atoms with Crippen LogP contribution in [0.3, 0.4) is 0 Å². The smallest absolute Gasteiger partial charge is 0.138 e. The lowest BCUT2D eigenvalue weighted by Gasteiger charge is -2.28. The Hall–Kier alpha value is -0.730. The van der Waals surface area contributed by atoms with E-state index in [0.29, 0.717) is 6.10 Å². The topological polar surface area (TPSA) is 21.3 Å². The van der Waals surface area contributed by atoms with Gasteiger partial charge in [-0.25, -0.2) is 0 Å². The zero-order valence-corrected chi connectivity index (χ0v) is 13.4. The Morgan fingerprint density at radius 2 is 1.95 bits per heavy atom. The molecule has 1 aromatic carbocycles. The van der Waals surface area contributed by atoms with E-state index in [1.54, 1.807) is 0 Å². The molecule has 0 bridgehead atoms. The molecule has 20 heavy (non-hydrogen) atoms. The van der Waals surface area contributed by atoms with E-state index in [0.717, 1.165) is 42.6 Å². The van der Waals surface area contributed by atoms with E-state index in [1.807, 2.05) is 12.1 Å². The summed E-state index contributed by atoms with van der Waals surface area (Å²) in [4.78, 5) is 0. The molecule has 0 radical (unpaired) electrons. The average Bonchev–Trinajstić information content (AvgIpc) is 2.48. The fourth-order valence-corrected chi connectivity index (χ4v) is 3.10. The minimum absolute atomic E-state index is 0.343. The van der Waals surface area contributed by atoms with E-state index >= 15 is 0 Å². The molecule has 0 unspecified atom stereocenters. The van der Waals surface area contributed by atoms with E-state index in [9.17, 15) is 0 Å². The third kappa shape index (κ3) is 4.39. The van der Waals surface area contributed by atoms with Gasteiger partial charge in [0.05, 0.1) is 11.1 Å². The molecule has 1 aromatic rings. The Morgan fingerprint density at radius 1 is 1.20 bits per heavy atom. The highest BCUT2D eigenvalue weighted by atomic mass is 35.5. The zero-order valence-electron chi connectivity index (χ0n) is 12.6. The van der Waals surface area contributed by atoms with Crippen LogP contribution in [0.25, 0.3) is 0 Å². The summed E-state index contributed by atoms with van der Waals surface area (Å²) in [6.07, 6.45) is 6.54. The number of rotatable bonds is 6. The number of hydrogen-bond donors (Lipinski definition) is 1. The fourth-order valence-electron chi connectivity index (χ4n) is 2.86. The zero-order chi connectivity index (χ0) is 14.4. The molecule has 0 amide bonds. The molecule has 0 aliphatic heterocycles. The van der Waals surface area contributed by atoms with Crippen LogP contribution in [0.4, 0.5) is 0 Å². The maximum atomic E-state index is 6.33. The molecule has 0 atom stereocenters. The quantitative estimate of drug-likeness (QED) is 0.814. The lowest BCUT2D eigenvalue weighted by Crippen LogP contribution is -2.24. The van der Waals surface area contributed by atoms with E-state index in [-0.39, 0.29) is 0 Å². The highest BCUT2D eigenvalue weighted by molar-refractivity contribution is 6.32. The normalized spacial score (nSPS) is 22.8. The third-order valence-electron chi connectivity index (χ3n) is 4.24. The summed E-state index contributed by atoms with van der Waals surface area (Å²) in [5.41, 5.74) is 1.21. The molecule has 0 saturated heterocycles. The van der Waals surface area contributed by atoms with Gasteiger partial charge in [-0.3, -0.25) is 0 Å². The van der Waals surface area contributed by atoms with Crippen molar-refractivity contribution in [2.45, 2.75) is 58.6 Å². The first-order valence-corrected chi connectivity index (χ1v) is 8.26. The van der Waals surface area contributed by atoms with Crippen molar-refractivity contribution in [1.29, 1.82) is 0 Å². The molecular weight excluding hydrogens is 270 g/mol.